The molecule has 9 heteroatoms. The average molecular weight is 500 g/mol. The number of nitrogens with one attached hydrogen (secondary N) is 2. The highest BCUT2D eigenvalue weighted by Crippen LogP contribution is 2.30. The first kappa shape index (κ1) is 25.3. The number of sulfonamides is 1. The largest absolute Gasteiger partial charge is 0.350 e. The Hall–Kier alpha value is -3.36. The molecule has 2 amide bonds. The van der Waals surface area contributed by atoms with E-state index < -0.39 is 22.5 Å². The van der Waals surface area contributed by atoms with Crippen LogP contribution in [0.2, 0.25) is 5.02 Å². The maximum absolute atomic E-state index is 13.5. The standard InChI is InChI=1S/C25H26ClN3O4S/c1-17-10-12-22(13-11-17)34(32,33)29(24-9-5-8-23(26)18(24)2)16-25(31)27-15-20-6-4-7-21(14-20)28-19(3)30/h4-14H,15-16H2,1-3H3,(H,27,31)(H,28,30). The Morgan fingerprint density at radius 3 is 2.32 bits per heavy atom. The van der Waals surface area contributed by atoms with Crippen LogP contribution in [-0.4, -0.2) is 26.8 Å². The Bertz CT molecular complexity index is 1310. The molecule has 0 heterocycles. The van der Waals surface area contributed by atoms with E-state index in [0.717, 1.165) is 15.4 Å². The van der Waals surface area contributed by atoms with Gasteiger partial charge in [0.05, 0.1) is 10.6 Å². The van der Waals surface area contributed by atoms with Crippen molar-refractivity contribution in [3.63, 3.8) is 0 Å². The number of carbonyl (C=O) groups excluding carboxylic acids is 2. The number of benzene rings is 3. The molecule has 2 N–H and O–H groups in total. The molecule has 0 aromatic heterocycles. The first-order chi connectivity index (χ1) is 16.1. The van der Waals surface area contributed by atoms with E-state index in [9.17, 15) is 18.0 Å². The third-order valence-electron chi connectivity index (χ3n) is 5.14. The maximum Gasteiger partial charge on any atom is 0.264 e. The molecule has 7 nitrogen and oxygen atoms in total. The second-order valence-corrected chi connectivity index (χ2v) is 10.1. The Balaban J connectivity index is 1.86. The van der Waals surface area contributed by atoms with E-state index in [1.165, 1.54) is 19.1 Å². The molecule has 0 atom stereocenters. The zero-order valence-corrected chi connectivity index (χ0v) is 20.7. The monoisotopic (exact) mass is 499 g/mol. The number of anilines is 2. The molecule has 34 heavy (non-hydrogen) atoms. The van der Waals surface area contributed by atoms with E-state index >= 15 is 0 Å². The van der Waals surface area contributed by atoms with Gasteiger partial charge >= 0.3 is 0 Å². The van der Waals surface area contributed by atoms with Crippen molar-refractivity contribution in [3.8, 4) is 0 Å². The number of hydrogen-bond acceptors (Lipinski definition) is 4. The van der Waals surface area contributed by atoms with Gasteiger partial charge in [0, 0.05) is 24.2 Å². The molecule has 0 spiro atoms. The zero-order chi connectivity index (χ0) is 24.9. The van der Waals surface area contributed by atoms with Crippen LogP contribution >= 0.6 is 11.6 Å². The van der Waals surface area contributed by atoms with Gasteiger partial charge < -0.3 is 10.6 Å². The van der Waals surface area contributed by atoms with Crippen molar-refractivity contribution < 1.29 is 18.0 Å². The molecule has 3 aromatic carbocycles. The normalized spacial score (nSPS) is 11.1. The molecule has 0 saturated heterocycles. The van der Waals surface area contributed by atoms with Crippen molar-refractivity contribution >= 4 is 44.8 Å². The molecule has 3 aromatic rings. The van der Waals surface area contributed by atoms with Crippen LogP contribution in [0, 0.1) is 13.8 Å². The van der Waals surface area contributed by atoms with Crippen LogP contribution in [0.25, 0.3) is 0 Å². The van der Waals surface area contributed by atoms with Crippen molar-refractivity contribution in [1.82, 2.24) is 5.32 Å². The number of amides is 2. The summed E-state index contributed by atoms with van der Waals surface area (Å²) in [7, 11) is -4.04. The van der Waals surface area contributed by atoms with Gasteiger partial charge in [0.25, 0.3) is 10.0 Å². The fourth-order valence-corrected chi connectivity index (χ4v) is 5.00. The van der Waals surface area contributed by atoms with Crippen LogP contribution in [0.5, 0.6) is 0 Å². The Morgan fingerprint density at radius 1 is 0.971 bits per heavy atom. The number of carbonyl (C=O) groups is 2. The summed E-state index contributed by atoms with van der Waals surface area (Å²) in [4.78, 5) is 24.2. The molecule has 0 unspecified atom stereocenters. The van der Waals surface area contributed by atoms with E-state index in [1.807, 2.05) is 6.92 Å². The van der Waals surface area contributed by atoms with Gasteiger partial charge in [-0.3, -0.25) is 13.9 Å². The quantitative estimate of drug-likeness (QED) is 0.479. The number of rotatable bonds is 8. The topological polar surface area (TPSA) is 95.6 Å². The summed E-state index contributed by atoms with van der Waals surface area (Å²) in [5, 5.41) is 5.84. The predicted molar refractivity (Wildman–Crippen MR) is 134 cm³/mol. The summed E-state index contributed by atoms with van der Waals surface area (Å²) in [5.41, 5.74) is 3.17. The van der Waals surface area contributed by atoms with E-state index in [2.05, 4.69) is 10.6 Å². The van der Waals surface area contributed by atoms with Gasteiger partial charge in [0.1, 0.15) is 6.54 Å². The lowest BCUT2D eigenvalue weighted by Crippen LogP contribution is -2.41. The van der Waals surface area contributed by atoms with Gasteiger partial charge in [-0.05, 0) is 61.4 Å². The number of hydrogen-bond donors (Lipinski definition) is 2. The van der Waals surface area contributed by atoms with Crippen molar-refractivity contribution in [2.75, 3.05) is 16.2 Å². The van der Waals surface area contributed by atoms with E-state index in [4.69, 9.17) is 11.6 Å². The van der Waals surface area contributed by atoms with Crippen LogP contribution in [0.1, 0.15) is 23.6 Å². The van der Waals surface area contributed by atoms with Crippen LogP contribution < -0.4 is 14.9 Å². The van der Waals surface area contributed by atoms with Crippen LogP contribution in [-0.2, 0) is 26.2 Å². The highest BCUT2D eigenvalue weighted by Gasteiger charge is 2.28. The molecule has 178 valence electrons. The molecule has 0 bridgehead atoms. The fourth-order valence-electron chi connectivity index (χ4n) is 3.35. The summed E-state index contributed by atoms with van der Waals surface area (Å²) in [5.74, 6) is -0.685. The average Bonchev–Trinajstić information content (AvgIpc) is 2.78. The van der Waals surface area contributed by atoms with Gasteiger partial charge in [-0.2, -0.15) is 0 Å². The maximum atomic E-state index is 13.5. The van der Waals surface area contributed by atoms with Gasteiger partial charge in [0.15, 0.2) is 0 Å². The summed E-state index contributed by atoms with van der Waals surface area (Å²) < 4.78 is 28.1. The fraction of sp³-hybridized carbons (Fsp3) is 0.200. The van der Waals surface area contributed by atoms with Gasteiger partial charge in [-0.15, -0.1) is 0 Å². The lowest BCUT2D eigenvalue weighted by molar-refractivity contribution is -0.119. The highest BCUT2D eigenvalue weighted by atomic mass is 35.5. The van der Waals surface area contributed by atoms with Gasteiger partial charge in [-0.1, -0.05) is 47.5 Å². The van der Waals surface area contributed by atoms with E-state index in [0.29, 0.717) is 22.0 Å². The highest BCUT2D eigenvalue weighted by molar-refractivity contribution is 7.92. The zero-order valence-electron chi connectivity index (χ0n) is 19.1. The molecule has 0 fully saturated rings. The predicted octanol–water partition coefficient (Wildman–Crippen LogP) is 4.43. The Morgan fingerprint density at radius 2 is 1.65 bits per heavy atom. The third kappa shape index (κ3) is 6.15. The van der Waals surface area contributed by atoms with Crippen LogP contribution in [0.3, 0.4) is 0 Å². The third-order valence-corrected chi connectivity index (χ3v) is 7.32. The molecule has 0 saturated carbocycles. The van der Waals surface area contributed by atoms with Crippen molar-refractivity contribution in [3.05, 3.63) is 88.4 Å². The van der Waals surface area contributed by atoms with Crippen molar-refractivity contribution in [2.45, 2.75) is 32.2 Å². The molecule has 0 aliphatic heterocycles. The van der Waals surface area contributed by atoms with E-state index in [-0.39, 0.29) is 17.3 Å². The second kappa shape index (κ2) is 10.7. The molecule has 0 aliphatic rings. The summed E-state index contributed by atoms with van der Waals surface area (Å²) in [6.45, 7) is 4.72. The number of aryl methyl sites for hydroxylation is 1. The number of nitrogens with zero attached hydrogens (tertiary/aromatic N) is 1. The smallest absolute Gasteiger partial charge is 0.264 e. The molecule has 0 aliphatic carbocycles. The molecule has 3 rings (SSSR count). The van der Waals surface area contributed by atoms with Crippen LogP contribution in [0.4, 0.5) is 11.4 Å². The van der Waals surface area contributed by atoms with Crippen molar-refractivity contribution in [2.24, 2.45) is 0 Å². The Kier molecular flexibility index (Phi) is 7.96. The SMILES string of the molecule is CC(=O)Nc1cccc(CNC(=O)CN(c2cccc(Cl)c2C)S(=O)(=O)c2ccc(C)cc2)c1. The Labute approximate surface area is 204 Å². The molecular weight excluding hydrogens is 474 g/mol. The first-order valence-electron chi connectivity index (χ1n) is 10.6. The minimum Gasteiger partial charge on any atom is -0.350 e. The minimum absolute atomic E-state index is 0.0771. The van der Waals surface area contributed by atoms with Gasteiger partial charge in [0.2, 0.25) is 11.8 Å². The summed E-state index contributed by atoms with van der Waals surface area (Å²) in [6, 6.07) is 18.4. The minimum atomic E-state index is -4.04. The lowest BCUT2D eigenvalue weighted by atomic mass is 10.2. The van der Waals surface area contributed by atoms with Crippen molar-refractivity contribution in [1.29, 1.82) is 0 Å². The lowest BCUT2D eigenvalue weighted by Gasteiger charge is -2.26. The van der Waals surface area contributed by atoms with E-state index in [1.54, 1.807) is 61.5 Å². The summed E-state index contributed by atoms with van der Waals surface area (Å²) in [6.07, 6.45) is 0. The first-order valence-corrected chi connectivity index (χ1v) is 12.4. The van der Waals surface area contributed by atoms with Crippen LogP contribution in [0.15, 0.2) is 71.6 Å². The summed E-state index contributed by atoms with van der Waals surface area (Å²) >= 11 is 6.25. The van der Waals surface area contributed by atoms with Gasteiger partial charge in [-0.25, -0.2) is 8.42 Å². The second-order valence-electron chi connectivity index (χ2n) is 7.87. The molecular formula is C25H26ClN3O4S. The molecule has 0 radical (unpaired) electrons. The number of halogens is 1.